The minimum atomic E-state index is -0.549. The lowest BCUT2D eigenvalue weighted by atomic mass is 10.0. The van der Waals surface area contributed by atoms with Gasteiger partial charge in [0.15, 0.2) is 5.82 Å². The molecule has 39 heavy (non-hydrogen) atoms. The number of amides is 2. The first-order valence-corrected chi connectivity index (χ1v) is 13.6. The number of nitrogens with two attached hydrogens (primary N) is 1. The molecule has 3 heterocycles. The predicted octanol–water partition coefficient (Wildman–Crippen LogP) is 4.23. The molecule has 0 saturated heterocycles. The SMILES string of the molecule is CCOCc1nc2c(N)nc3cc(-c4cncc(CO)c4)ccc3c2n1C(C)(C)CNC(=O)NC1CCCC1. The van der Waals surface area contributed by atoms with Crippen LogP contribution in [0.4, 0.5) is 10.6 Å². The maximum Gasteiger partial charge on any atom is 0.315 e. The normalized spacial score (nSPS) is 14.4. The van der Waals surface area contributed by atoms with E-state index in [1.807, 2.05) is 31.2 Å². The minimum Gasteiger partial charge on any atom is -0.392 e. The summed E-state index contributed by atoms with van der Waals surface area (Å²) in [5.74, 6) is 1.05. The first kappa shape index (κ1) is 26.8. The van der Waals surface area contributed by atoms with Gasteiger partial charge in [-0.1, -0.05) is 25.0 Å². The van der Waals surface area contributed by atoms with Crippen molar-refractivity contribution in [3.05, 3.63) is 48.0 Å². The van der Waals surface area contributed by atoms with Crippen LogP contribution in [-0.4, -0.2) is 49.9 Å². The number of urea groups is 1. The first-order valence-electron chi connectivity index (χ1n) is 13.6. The van der Waals surface area contributed by atoms with Gasteiger partial charge in [0, 0.05) is 42.5 Å². The number of nitrogens with one attached hydrogen (secondary N) is 2. The van der Waals surface area contributed by atoms with Crippen LogP contribution in [0.15, 0.2) is 36.7 Å². The molecule has 2 amide bonds. The van der Waals surface area contributed by atoms with Crippen molar-refractivity contribution in [1.29, 1.82) is 0 Å². The average molecular weight is 532 g/mol. The highest BCUT2D eigenvalue weighted by Gasteiger charge is 2.30. The van der Waals surface area contributed by atoms with Gasteiger partial charge in [0.1, 0.15) is 17.9 Å². The molecule has 0 spiro atoms. The second-order valence-electron chi connectivity index (χ2n) is 10.8. The number of pyridine rings is 2. The van der Waals surface area contributed by atoms with E-state index in [1.54, 1.807) is 12.4 Å². The summed E-state index contributed by atoms with van der Waals surface area (Å²) >= 11 is 0. The molecule has 0 atom stereocenters. The molecule has 1 fully saturated rings. The van der Waals surface area contributed by atoms with E-state index in [0.29, 0.717) is 31.1 Å². The van der Waals surface area contributed by atoms with Gasteiger partial charge in [-0.3, -0.25) is 4.98 Å². The summed E-state index contributed by atoms with van der Waals surface area (Å²) in [6, 6.07) is 8.00. The molecule has 0 bridgehead atoms. The largest absolute Gasteiger partial charge is 0.392 e. The Morgan fingerprint density at radius 2 is 1.97 bits per heavy atom. The van der Waals surface area contributed by atoms with Gasteiger partial charge < -0.3 is 30.8 Å². The van der Waals surface area contributed by atoms with Crippen LogP contribution in [0.1, 0.15) is 57.8 Å². The zero-order valence-corrected chi connectivity index (χ0v) is 22.8. The van der Waals surface area contributed by atoms with Gasteiger partial charge in [0.05, 0.1) is 23.2 Å². The van der Waals surface area contributed by atoms with E-state index >= 15 is 0 Å². The number of benzene rings is 1. The fourth-order valence-electron chi connectivity index (χ4n) is 5.44. The van der Waals surface area contributed by atoms with Gasteiger partial charge in [-0.05, 0) is 56.9 Å². The highest BCUT2D eigenvalue weighted by Crippen LogP contribution is 2.35. The Balaban J connectivity index is 1.56. The Hall–Kier alpha value is -3.76. The number of ether oxygens (including phenoxy) is 1. The lowest BCUT2D eigenvalue weighted by molar-refractivity contribution is 0.121. The Morgan fingerprint density at radius 3 is 2.72 bits per heavy atom. The summed E-state index contributed by atoms with van der Waals surface area (Å²) in [4.78, 5) is 26.5. The number of nitrogen functional groups attached to an aromatic ring is 1. The summed E-state index contributed by atoms with van der Waals surface area (Å²) in [5, 5.41) is 16.6. The molecule has 1 aliphatic rings. The van der Waals surface area contributed by atoms with Gasteiger partial charge >= 0.3 is 6.03 Å². The van der Waals surface area contributed by atoms with Crippen molar-refractivity contribution in [3.8, 4) is 11.1 Å². The topological polar surface area (TPSA) is 140 Å². The lowest BCUT2D eigenvalue weighted by Gasteiger charge is -2.30. The number of aliphatic hydroxyl groups excluding tert-OH is 1. The molecule has 3 aromatic heterocycles. The van der Waals surface area contributed by atoms with E-state index in [2.05, 4.69) is 34.0 Å². The fourth-order valence-corrected chi connectivity index (χ4v) is 5.44. The monoisotopic (exact) mass is 531 g/mol. The van der Waals surface area contributed by atoms with Crippen molar-refractivity contribution in [2.45, 2.75) is 71.2 Å². The van der Waals surface area contributed by atoms with Crippen LogP contribution in [-0.2, 0) is 23.5 Å². The number of hydrogen-bond acceptors (Lipinski definition) is 7. The van der Waals surface area contributed by atoms with Crippen molar-refractivity contribution in [2.24, 2.45) is 0 Å². The smallest absolute Gasteiger partial charge is 0.315 e. The Kier molecular flexibility index (Phi) is 7.67. The third kappa shape index (κ3) is 5.53. The van der Waals surface area contributed by atoms with Gasteiger partial charge in [-0.25, -0.2) is 14.8 Å². The van der Waals surface area contributed by atoms with Crippen LogP contribution in [0.25, 0.3) is 33.1 Å². The van der Waals surface area contributed by atoms with Gasteiger partial charge in [0.2, 0.25) is 0 Å². The fraction of sp³-hybridized carbons (Fsp3) is 0.448. The van der Waals surface area contributed by atoms with E-state index in [9.17, 15) is 9.90 Å². The predicted molar refractivity (Wildman–Crippen MR) is 152 cm³/mol. The Labute approximate surface area is 228 Å². The van der Waals surface area contributed by atoms with Crippen molar-refractivity contribution in [1.82, 2.24) is 30.2 Å². The summed E-state index contributed by atoms with van der Waals surface area (Å²) in [6.45, 7) is 7.25. The van der Waals surface area contributed by atoms with E-state index in [-0.39, 0.29) is 18.7 Å². The number of carbonyl (C=O) groups excluding carboxylic acids is 1. The summed E-state index contributed by atoms with van der Waals surface area (Å²) in [6.07, 6.45) is 7.78. The third-order valence-electron chi connectivity index (χ3n) is 7.41. The quantitative estimate of drug-likeness (QED) is 0.253. The molecule has 4 aromatic rings. The molecule has 206 valence electrons. The number of hydrogen-bond donors (Lipinski definition) is 4. The number of nitrogens with zero attached hydrogens (tertiary/aromatic N) is 4. The molecule has 5 rings (SSSR count). The molecule has 1 aromatic carbocycles. The number of aliphatic hydroxyl groups is 1. The van der Waals surface area contributed by atoms with Crippen LogP contribution >= 0.6 is 0 Å². The molecule has 1 saturated carbocycles. The zero-order valence-electron chi connectivity index (χ0n) is 22.8. The lowest BCUT2D eigenvalue weighted by Crippen LogP contribution is -2.47. The van der Waals surface area contributed by atoms with Crippen molar-refractivity contribution in [3.63, 3.8) is 0 Å². The van der Waals surface area contributed by atoms with Gasteiger partial charge in [-0.15, -0.1) is 0 Å². The molecule has 10 nitrogen and oxygen atoms in total. The molecule has 0 unspecified atom stereocenters. The van der Waals surface area contributed by atoms with Gasteiger partial charge in [-0.2, -0.15) is 0 Å². The number of imidazole rings is 1. The summed E-state index contributed by atoms with van der Waals surface area (Å²) in [5.41, 5.74) is 10.6. The van der Waals surface area contributed by atoms with E-state index in [4.69, 9.17) is 20.4 Å². The molecule has 0 aliphatic heterocycles. The standard InChI is InChI=1S/C29H37N7O3/c1-4-39-16-24-35-25-26(36(24)29(2,3)17-32-28(38)33-21-7-5-6-8-21)22-10-9-19(12-23(22)34-27(25)30)20-11-18(15-37)13-31-14-20/h9-14,21,37H,4-8,15-17H2,1-3H3,(H2,30,34)(H2,32,33,38). The maximum absolute atomic E-state index is 12.7. The number of carbonyl (C=O) groups is 1. The molecule has 1 aliphatic carbocycles. The number of fused-ring (bicyclic) bond motifs is 3. The van der Waals surface area contributed by atoms with E-state index in [0.717, 1.165) is 64.6 Å². The minimum absolute atomic E-state index is 0.0795. The van der Waals surface area contributed by atoms with Crippen LogP contribution in [0.2, 0.25) is 0 Å². The number of anilines is 1. The van der Waals surface area contributed by atoms with E-state index < -0.39 is 5.54 Å². The molecule has 0 radical (unpaired) electrons. The molecular formula is C29H37N7O3. The van der Waals surface area contributed by atoms with Crippen LogP contribution in [0.3, 0.4) is 0 Å². The molecular weight excluding hydrogens is 494 g/mol. The van der Waals surface area contributed by atoms with Crippen LogP contribution < -0.4 is 16.4 Å². The maximum atomic E-state index is 12.7. The van der Waals surface area contributed by atoms with Crippen LogP contribution in [0.5, 0.6) is 0 Å². The third-order valence-corrected chi connectivity index (χ3v) is 7.41. The first-order chi connectivity index (χ1) is 18.8. The summed E-state index contributed by atoms with van der Waals surface area (Å²) < 4.78 is 7.91. The molecule has 10 heteroatoms. The number of aromatic nitrogens is 4. The van der Waals surface area contributed by atoms with Crippen molar-refractivity contribution >= 4 is 33.8 Å². The van der Waals surface area contributed by atoms with Crippen LogP contribution in [0, 0.1) is 0 Å². The highest BCUT2D eigenvalue weighted by molar-refractivity contribution is 6.07. The Morgan fingerprint density at radius 1 is 1.18 bits per heavy atom. The zero-order chi connectivity index (χ0) is 27.6. The van der Waals surface area contributed by atoms with Crippen molar-refractivity contribution in [2.75, 3.05) is 18.9 Å². The second-order valence-corrected chi connectivity index (χ2v) is 10.8. The van der Waals surface area contributed by atoms with Crippen molar-refractivity contribution < 1.29 is 14.6 Å². The molecule has 5 N–H and O–H groups in total. The second kappa shape index (κ2) is 11.2. The average Bonchev–Trinajstić information content (AvgIpc) is 3.59. The Bertz CT molecular complexity index is 1490. The number of rotatable bonds is 9. The summed E-state index contributed by atoms with van der Waals surface area (Å²) in [7, 11) is 0. The van der Waals surface area contributed by atoms with Gasteiger partial charge in [0.25, 0.3) is 0 Å². The van der Waals surface area contributed by atoms with E-state index in [1.165, 1.54) is 0 Å². The highest BCUT2D eigenvalue weighted by atomic mass is 16.5.